The van der Waals surface area contributed by atoms with Gasteiger partial charge in [0.1, 0.15) is 16.6 Å². The SMILES string of the molecule is O=C1CCC(c2ccc(-c3cnn(C(Cc4ccc(F)cc4)c4ccc(-c5c(-[n+]6cnn[nH]6)ccc(Cl)c5F)cn4)c3)cc2)N1. The number of halogens is 3. The number of aromatic amines is 1. The van der Waals surface area contributed by atoms with Crippen LogP contribution in [0.1, 0.15) is 41.7 Å². The summed E-state index contributed by atoms with van der Waals surface area (Å²) in [5.74, 6) is -0.831. The number of hydrogen-bond acceptors (Lipinski definition) is 5. The number of tetrazole rings is 1. The molecule has 0 radical (unpaired) electrons. The average molecular weight is 624 g/mol. The van der Waals surface area contributed by atoms with Crippen molar-refractivity contribution in [1.29, 1.82) is 0 Å². The number of carbonyl (C=O) groups excluding carboxylic acids is 1. The van der Waals surface area contributed by atoms with Gasteiger partial charge in [-0.25, -0.2) is 8.78 Å². The molecule has 1 aliphatic heterocycles. The summed E-state index contributed by atoms with van der Waals surface area (Å²) in [5.41, 5.74) is 5.77. The van der Waals surface area contributed by atoms with Gasteiger partial charge in [0.05, 0.1) is 34.6 Å². The Hall–Kier alpha value is -5.29. The largest absolute Gasteiger partial charge is 0.349 e. The zero-order chi connectivity index (χ0) is 30.9. The molecule has 3 aromatic heterocycles. The van der Waals surface area contributed by atoms with Gasteiger partial charge in [0.25, 0.3) is 6.33 Å². The highest BCUT2D eigenvalue weighted by molar-refractivity contribution is 6.31. The second kappa shape index (κ2) is 12.0. The normalized spacial score (nSPS) is 15.3. The molecule has 1 saturated heterocycles. The maximum absolute atomic E-state index is 15.4. The summed E-state index contributed by atoms with van der Waals surface area (Å²) < 4.78 is 32.4. The molecule has 0 spiro atoms. The molecule has 0 aliphatic carbocycles. The predicted molar refractivity (Wildman–Crippen MR) is 162 cm³/mol. The van der Waals surface area contributed by atoms with Gasteiger partial charge < -0.3 is 5.32 Å². The Morgan fingerprint density at radius 2 is 1.76 bits per heavy atom. The quantitative estimate of drug-likeness (QED) is 0.211. The van der Waals surface area contributed by atoms with Gasteiger partial charge in [-0.05, 0) is 53.4 Å². The standard InChI is InChI=1S/C33H25ClF2N8O/c34-26-10-13-29(44-19-38-41-42-44)32(33(26)36)23-7-11-28(37-16-23)30(15-20-1-8-25(35)9-2-20)43-18-24(17-39-43)21-3-5-22(6-4-21)27-12-14-31(45)40-27/h1-11,13,16-19,27,30H,12,14-15H2,(H,40,45)/p+1. The topological polar surface area (TPSA) is 105 Å². The summed E-state index contributed by atoms with van der Waals surface area (Å²) >= 11 is 6.16. The summed E-state index contributed by atoms with van der Waals surface area (Å²) in [5, 5.41) is 17.9. The lowest BCUT2D eigenvalue weighted by molar-refractivity contribution is -0.659. The summed E-state index contributed by atoms with van der Waals surface area (Å²) in [6.07, 6.45) is 8.59. The number of rotatable bonds is 8. The summed E-state index contributed by atoms with van der Waals surface area (Å²) in [4.78, 5) is 16.4. The van der Waals surface area contributed by atoms with Crippen molar-refractivity contribution in [2.45, 2.75) is 31.3 Å². The zero-order valence-corrected chi connectivity index (χ0v) is 24.5. The van der Waals surface area contributed by atoms with Crippen LogP contribution in [-0.4, -0.2) is 36.2 Å². The number of amides is 1. The van der Waals surface area contributed by atoms with Gasteiger partial charge in [0.15, 0.2) is 11.0 Å². The predicted octanol–water partition coefficient (Wildman–Crippen LogP) is 5.72. The number of pyridine rings is 1. The van der Waals surface area contributed by atoms with Gasteiger partial charge in [0, 0.05) is 36.4 Å². The first-order chi connectivity index (χ1) is 21.9. The lowest BCUT2D eigenvalue weighted by atomic mass is 10.00. The maximum Gasteiger partial charge on any atom is 0.293 e. The molecule has 2 N–H and O–H groups in total. The fourth-order valence-electron chi connectivity index (χ4n) is 5.67. The highest BCUT2D eigenvalue weighted by atomic mass is 35.5. The van der Waals surface area contributed by atoms with Crippen LogP contribution in [-0.2, 0) is 11.2 Å². The highest BCUT2D eigenvalue weighted by Gasteiger charge is 2.24. The van der Waals surface area contributed by atoms with Crippen LogP contribution in [0.3, 0.4) is 0 Å². The first kappa shape index (κ1) is 28.5. The van der Waals surface area contributed by atoms with E-state index in [4.69, 9.17) is 21.7 Å². The van der Waals surface area contributed by atoms with E-state index in [1.165, 1.54) is 29.2 Å². The third kappa shape index (κ3) is 5.82. The molecular formula is C33H26ClF2N8O+. The van der Waals surface area contributed by atoms with E-state index in [0.717, 1.165) is 28.7 Å². The molecule has 6 aromatic rings. The monoisotopic (exact) mass is 623 g/mol. The van der Waals surface area contributed by atoms with Gasteiger partial charge in [-0.15, -0.1) is 4.68 Å². The van der Waals surface area contributed by atoms with Crippen molar-refractivity contribution in [1.82, 2.24) is 35.6 Å². The minimum Gasteiger partial charge on any atom is -0.349 e. The van der Waals surface area contributed by atoms with E-state index in [9.17, 15) is 9.18 Å². The van der Waals surface area contributed by atoms with E-state index in [-0.39, 0.29) is 34.4 Å². The van der Waals surface area contributed by atoms with Crippen LogP contribution in [0.4, 0.5) is 8.78 Å². The summed E-state index contributed by atoms with van der Waals surface area (Å²) in [7, 11) is 0. The molecule has 1 aliphatic rings. The van der Waals surface area contributed by atoms with E-state index in [1.807, 2.05) is 41.2 Å². The Morgan fingerprint density at radius 3 is 2.44 bits per heavy atom. The first-order valence-corrected chi connectivity index (χ1v) is 14.7. The Kier molecular flexibility index (Phi) is 7.60. The van der Waals surface area contributed by atoms with Crippen molar-refractivity contribution >= 4 is 17.5 Å². The van der Waals surface area contributed by atoms with Crippen LogP contribution >= 0.6 is 11.6 Å². The number of hydrogen-bond donors (Lipinski definition) is 2. The van der Waals surface area contributed by atoms with Crippen LogP contribution in [0.15, 0.2) is 97.7 Å². The number of benzene rings is 3. The van der Waals surface area contributed by atoms with Crippen LogP contribution in [0.5, 0.6) is 0 Å². The van der Waals surface area contributed by atoms with Gasteiger partial charge in [-0.3, -0.25) is 14.5 Å². The molecule has 0 bridgehead atoms. The van der Waals surface area contributed by atoms with Crippen molar-refractivity contribution in [3.8, 4) is 27.9 Å². The zero-order valence-electron chi connectivity index (χ0n) is 23.7. The molecule has 1 amide bonds. The minimum atomic E-state index is -0.591. The van der Waals surface area contributed by atoms with Gasteiger partial charge in [-0.2, -0.15) is 5.10 Å². The second-order valence-corrected chi connectivity index (χ2v) is 11.3. The van der Waals surface area contributed by atoms with E-state index < -0.39 is 5.82 Å². The van der Waals surface area contributed by atoms with Crippen LogP contribution in [0.2, 0.25) is 5.02 Å². The average Bonchev–Trinajstić information content (AvgIpc) is 3.86. The molecule has 224 valence electrons. The number of H-pyrrole nitrogens is 1. The fourth-order valence-corrected chi connectivity index (χ4v) is 5.82. The molecule has 2 unspecified atom stereocenters. The van der Waals surface area contributed by atoms with Crippen LogP contribution in [0.25, 0.3) is 27.9 Å². The Labute approximate surface area is 261 Å². The summed E-state index contributed by atoms with van der Waals surface area (Å²) in [6.45, 7) is 0. The van der Waals surface area contributed by atoms with Gasteiger partial charge in [0.2, 0.25) is 5.91 Å². The molecule has 4 heterocycles. The smallest absolute Gasteiger partial charge is 0.293 e. The number of aromatic nitrogens is 7. The molecule has 12 heteroatoms. The molecule has 45 heavy (non-hydrogen) atoms. The van der Waals surface area contributed by atoms with Crippen molar-refractivity contribution in [3.05, 3.63) is 131 Å². The molecule has 2 atom stereocenters. The van der Waals surface area contributed by atoms with Crippen molar-refractivity contribution in [2.24, 2.45) is 0 Å². The number of carbonyl (C=O) groups is 1. The van der Waals surface area contributed by atoms with E-state index in [0.29, 0.717) is 29.8 Å². The van der Waals surface area contributed by atoms with Crippen molar-refractivity contribution < 1.29 is 18.3 Å². The van der Waals surface area contributed by atoms with E-state index >= 15 is 4.39 Å². The second-order valence-electron chi connectivity index (χ2n) is 10.9. The van der Waals surface area contributed by atoms with E-state index in [2.05, 4.69) is 20.8 Å². The molecule has 7 rings (SSSR count). The van der Waals surface area contributed by atoms with Crippen molar-refractivity contribution in [2.75, 3.05) is 0 Å². The maximum atomic E-state index is 15.4. The Morgan fingerprint density at radius 1 is 0.956 bits per heavy atom. The third-order valence-corrected chi connectivity index (χ3v) is 8.32. The molecule has 0 saturated carbocycles. The van der Waals surface area contributed by atoms with Crippen LogP contribution in [0, 0.1) is 11.6 Å². The molecule has 1 fully saturated rings. The third-order valence-electron chi connectivity index (χ3n) is 8.03. The fraction of sp³-hybridized carbons (Fsp3) is 0.152. The Bertz CT molecular complexity index is 1960. The first-order valence-electron chi connectivity index (χ1n) is 14.3. The lowest BCUT2D eigenvalue weighted by Crippen LogP contribution is -2.33. The molecule has 3 aromatic carbocycles. The van der Waals surface area contributed by atoms with Gasteiger partial charge >= 0.3 is 0 Å². The Balaban J connectivity index is 1.22. The summed E-state index contributed by atoms with van der Waals surface area (Å²) in [6, 6.07) is 20.9. The highest BCUT2D eigenvalue weighted by Crippen LogP contribution is 2.33. The van der Waals surface area contributed by atoms with Crippen molar-refractivity contribution in [3.63, 3.8) is 0 Å². The molecular weight excluding hydrogens is 598 g/mol. The van der Waals surface area contributed by atoms with Gasteiger partial charge in [-0.1, -0.05) is 59.3 Å². The minimum absolute atomic E-state index is 0.0230. The number of nitrogens with zero attached hydrogens (tertiary/aromatic N) is 6. The molecule has 9 nitrogen and oxygen atoms in total. The number of nitrogens with one attached hydrogen (secondary N) is 2. The van der Waals surface area contributed by atoms with E-state index in [1.54, 1.807) is 36.7 Å². The van der Waals surface area contributed by atoms with Crippen LogP contribution < -0.4 is 10.00 Å². The lowest BCUT2D eigenvalue weighted by Gasteiger charge is -2.18.